The second-order valence-corrected chi connectivity index (χ2v) is 3.91. The summed E-state index contributed by atoms with van der Waals surface area (Å²) in [7, 11) is 1.85. The van der Waals surface area contributed by atoms with Crippen molar-refractivity contribution in [3.8, 4) is 0 Å². The van der Waals surface area contributed by atoms with Crippen molar-refractivity contribution in [2.24, 2.45) is 13.0 Å². The molecule has 5 nitrogen and oxygen atoms in total. The molecule has 0 radical (unpaired) electrons. The van der Waals surface area contributed by atoms with E-state index in [-0.39, 0.29) is 12.0 Å². The molecule has 1 saturated heterocycles. The van der Waals surface area contributed by atoms with Gasteiger partial charge in [0.2, 0.25) is 0 Å². The average molecular weight is 196 g/mol. The van der Waals surface area contributed by atoms with E-state index in [2.05, 4.69) is 15.6 Å². The lowest BCUT2D eigenvalue weighted by Crippen LogP contribution is -2.40. The summed E-state index contributed by atoms with van der Waals surface area (Å²) in [5.74, 6) is 0.278. The molecule has 1 aliphatic rings. The summed E-state index contributed by atoms with van der Waals surface area (Å²) in [5, 5.41) is 20.9. The van der Waals surface area contributed by atoms with Crippen LogP contribution in [0.2, 0.25) is 0 Å². The Hall–Kier alpha value is -0.940. The van der Waals surface area contributed by atoms with Crippen molar-refractivity contribution < 1.29 is 5.11 Å². The molecule has 0 aliphatic carbocycles. The van der Waals surface area contributed by atoms with Crippen molar-refractivity contribution in [1.82, 2.24) is 20.3 Å². The molecule has 1 aliphatic heterocycles. The van der Waals surface area contributed by atoms with Crippen LogP contribution < -0.4 is 5.32 Å². The van der Waals surface area contributed by atoms with E-state index in [1.165, 1.54) is 0 Å². The van der Waals surface area contributed by atoms with Gasteiger partial charge in [0.15, 0.2) is 0 Å². The lowest BCUT2D eigenvalue weighted by Gasteiger charge is -2.27. The Morgan fingerprint density at radius 2 is 2.57 bits per heavy atom. The molecule has 1 fully saturated rings. The van der Waals surface area contributed by atoms with Crippen molar-refractivity contribution in [3.63, 3.8) is 0 Å². The minimum absolute atomic E-state index is 0.196. The van der Waals surface area contributed by atoms with Gasteiger partial charge in [-0.3, -0.25) is 4.68 Å². The molecule has 1 aromatic heterocycles. The molecular weight excluding hydrogens is 180 g/mol. The number of aliphatic hydroxyl groups is 1. The Labute approximate surface area is 83.1 Å². The normalized spacial score (nSPS) is 27.9. The van der Waals surface area contributed by atoms with Crippen molar-refractivity contribution in [2.75, 3.05) is 13.1 Å². The van der Waals surface area contributed by atoms with Gasteiger partial charge in [-0.2, -0.15) is 0 Å². The minimum atomic E-state index is -0.196. The van der Waals surface area contributed by atoms with Crippen LogP contribution in [0.4, 0.5) is 0 Å². The van der Waals surface area contributed by atoms with Crippen LogP contribution in [-0.4, -0.2) is 39.3 Å². The molecule has 2 unspecified atom stereocenters. The maximum absolute atomic E-state index is 9.74. The number of nitrogens with zero attached hydrogens (tertiary/aromatic N) is 3. The SMILES string of the molecule is Cn1cc(CC2CNCCC2O)nn1. The first-order valence-corrected chi connectivity index (χ1v) is 4.99. The highest BCUT2D eigenvalue weighted by atomic mass is 16.3. The molecule has 78 valence electrons. The zero-order valence-corrected chi connectivity index (χ0v) is 8.35. The molecule has 1 aromatic rings. The molecule has 2 heterocycles. The standard InChI is InChI=1S/C9H16N4O/c1-13-6-8(11-12-13)4-7-5-10-3-2-9(7)14/h6-7,9-10,14H,2-5H2,1H3. The molecule has 0 saturated carbocycles. The second kappa shape index (κ2) is 4.06. The van der Waals surface area contributed by atoms with E-state index in [0.29, 0.717) is 0 Å². The van der Waals surface area contributed by atoms with Crippen LogP contribution in [0.5, 0.6) is 0 Å². The zero-order chi connectivity index (χ0) is 9.97. The number of nitrogens with one attached hydrogen (secondary N) is 1. The van der Waals surface area contributed by atoms with Crippen molar-refractivity contribution in [2.45, 2.75) is 18.9 Å². The monoisotopic (exact) mass is 196 g/mol. The van der Waals surface area contributed by atoms with Crippen molar-refractivity contribution in [1.29, 1.82) is 0 Å². The van der Waals surface area contributed by atoms with Crippen LogP contribution in [0.3, 0.4) is 0 Å². The van der Waals surface area contributed by atoms with E-state index in [9.17, 15) is 5.11 Å². The topological polar surface area (TPSA) is 63.0 Å². The first-order chi connectivity index (χ1) is 6.75. The third kappa shape index (κ3) is 2.10. The molecule has 0 amide bonds. The predicted molar refractivity (Wildman–Crippen MR) is 51.7 cm³/mol. The van der Waals surface area contributed by atoms with E-state index >= 15 is 0 Å². The number of aliphatic hydroxyl groups excluding tert-OH is 1. The summed E-state index contributed by atoms with van der Waals surface area (Å²) in [6.45, 7) is 1.79. The van der Waals surface area contributed by atoms with Crippen LogP contribution >= 0.6 is 0 Å². The summed E-state index contributed by atoms with van der Waals surface area (Å²) in [6.07, 6.45) is 3.35. The Morgan fingerprint density at radius 1 is 1.71 bits per heavy atom. The van der Waals surface area contributed by atoms with Gasteiger partial charge < -0.3 is 10.4 Å². The summed E-state index contributed by atoms with van der Waals surface area (Å²) >= 11 is 0. The Kier molecular flexibility index (Phi) is 2.79. The van der Waals surface area contributed by atoms with Gasteiger partial charge in [0, 0.05) is 25.7 Å². The molecule has 0 aromatic carbocycles. The third-order valence-corrected chi connectivity index (χ3v) is 2.69. The minimum Gasteiger partial charge on any atom is -0.393 e. The highest BCUT2D eigenvalue weighted by Gasteiger charge is 2.23. The fourth-order valence-electron chi connectivity index (χ4n) is 1.87. The van der Waals surface area contributed by atoms with Gasteiger partial charge in [-0.1, -0.05) is 5.21 Å². The highest BCUT2D eigenvalue weighted by Crippen LogP contribution is 2.15. The van der Waals surface area contributed by atoms with Crippen LogP contribution in [0.1, 0.15) is 12.1 Å². The molecule has 0 spiro atoms. The number of piperidine rings is 1. The lowest BCUT2D eigenvalue weighted by molar-refractivity contribution is 0.0786. The smallest absolute Gasteiger partial charge is 0.0831 e. The van der Waals surface area contributed by atoms with Gasteiger partial charge in [-0.05, 0) is 19.4 Å². The highest BCUT2D eigenvalue weighted by molar-refractivity contribution is 4.96. The molecule has 2 rings (SSSR count). The van der Waals surface area contributed by atoms with Crippen LogP contribution in [-0.2, 0) is 13.5 Å². The van der Waals surface area contributed by atoms with E-state index in [4.69, 9.17) is 0 Å². The fourth-order valence-corrected chi connectivity index (χ4v) is 1.87. The van der Waals surface area contributed by atoms with Crippen molar-refractivity contribution >= 4 is 0 Å². The molecule has 0 bridgehead atoms. The first kappa shape index (κ1) is 9.61. The van der Waals surface area contributed by atoms with Crippen LogP contribution in [0, 0.1) is 5.92 Å². The number of aryl methyl sites for hydroxylation is 1. The molecule has 5 heteroatoms. The zero-order valence-electron chi connectivity index (χ0n) is 8.35. The van der Waals surface area contributed by atoms with Crippen LogP contribution in [0.25, 0.3) is 0 Å². The lowest BCUT2D eigenvalue weighted by atomic mass is 9.92. The quantitative estimate of drug-likeness (QED) is 0.658. The second-order valence-electron chi connectivity index (χ2n) is 3.91. The number of rotatable bonds is 2. The van der Waals surface area contributed by atoms with Gasteiger partial charge in [0.1, 0.15) is 0 Å². The Morgan fingerprint density at radius 3 is 3.21 bits per heavy atom. The average Bonchev–Trinajstić information content (AvgIpc) is 2.56. The molecular formula is C9H16N4O. The first-order valence-electron chi connectivity index (χ1n) is 4.99. The molecule has 2 N–H and O–H groups in total. The van der Waals surface area contributed by atoms with E-state index in [0.717, 1.165) is 31.6 Å². The maximum atomic E-state index is 9.74. The van der Waals surface area contributed by atoms with Crippen molar-refractivity contribution in [3.05, 3.63) is 11.9 Å². The van der Waals surface area contributed by atoms with E-state index in [1.807, 2.05) is 13.2 Å². The largest absolute Gasteiger partial charge is 0.393 e. The Bertz CT molecular complexity index is 299. The van der Waals surface area contributed by atoms with Gasteiger partial charge in [0.25, 0.3) is 0 Å². The summed E-state index contributed by atoms with van der Waals surface area (Å²) < 4.78 is 1.69. The predicted octanol–water partition coefficient (Wildman–Crippen LogP) is -0.672. The third-order valence-electron chi connectivity index (χ3n) is 2.69. The molecule has 14 heavy (non-hydrogen) atoms. The van der Waals surface area contributed by atoms with E-state index < -0.39 is 0 Å². The number of aromatic nitrogens is 3. The fraction of sp³-hybridized carbons (Fsp3) is 0.778. The maximum Gasteiger partial charge on any atom is 0.0831 e. The summed E-state index contributed by atoms with van der Waals surface area (Å²) in [6, 6.07) is 0. The summed E-state index contributed by atoms with van der Waals surface area (Å²) in [5.41, 5.74) is 0.959. The van der Waals surface area contributed by atoms with Gasteiger partial charge >= 0.3 is 0 Å². The summed E-state index contributed by atoms with van der Waals surface area (Å²) in [4.78, 5) is 0. The number of hydrogen-bond acceptors (Lipinski definition) is 4. The van der Waals surface area contributed by atoms with E-state index in [1.54, 1.807) is 4.68 Å². The van der Waals surface area contributed by atoms with Gasteiger partial charge in [-0.25, -0.2) is 0 Å². The van der Waals surface area contributed by atoms with Gasteiger partial charge in [-0.15, -0.1) is 5.10 Å². The number of hydrogen-bond donors (Lipinski definition) is 2. The Balaban J connectivity index is 1.95. The van der Waals surface area contributed by atoms with Crippen LogP contribution in [0.15, 0.2) is 6.20 Å². The van der Waals surface area contributed by atoms with Gasteiger partial charge in [0.05, 0.1) is 11.8 Å². The molecule has 2 atom stereocenters.